The second-order valence-corrected chi connectivity index (χ2v) is 10.4. The second kappa shape index (κ2) is 4.65. The molecule has 0 amide bonds. The molecule has 1 aromatic rings. The molecule has 0 unspecified atom stereocenters. The predicted molar refractivity (Wildman–Crippen MR) is 74.3 cm³/mol. The molecule has 0 radical (unpaired) electrons. The second-order valence-electron chi connectivity index (χ2n) is 5.72. The van der Waals surface area contributed by atoms with Crippen molar-refractivity contribution in [2.75, 3.05) is 0 Å². The minimum absolute atomic E-state index is 0.0493. The number of hydrogen-bond acceptors (Lipinski definition) is 1. The third-order valence-corrected chi connectivity index (χ3v) is 7.71. The zero-order valence-electron chi connectivity index (χ0n) is 11.3. The van der Waals surface area contributed by atoms with E-state index < -0.39 is 8.32 Å². The molecule has 0 spiro atoms. The Bertz CT molecular complexity index is 419. The Labute approximate surface area is 104 Å². The lowest BCUT2D eigenvalue weighted by Gasteiger charge is -2.36. The highest BCUT2D eigenvalue weighted by atomic mass is 28.4. The Balaban J connectivity index is 3.15. The molecule has 0 fully saturated rings. The Hall–Kier alpha value is -1.09. The van der Waals surface area contributed by atoms with Gasteiger partial charge in [0.25, 0.3) is 8.32 Å². The quantitative estimate of drug-likeness (QED) is 0.699. The molecule has 0 aliphatic rings. The van der Waals surface area contributed by atoms with Crippen LogP contribution in [0.2, 0.25) is 18.1 Å². The normalized spacial score (nSPS) is 12.4. The first-order chi connectivity index (χ1) is 7.69. The van der Waals surface area contributed by atoms with Crippen LogP contribution in [0.15, 0.2) is 24.8 Å². The van der Waals surface area contributed by atoms with Crippen LogP contribution in [0.25, 0.3) is 6.08 Å². The third-order valence-electron chi connectivity index (χ3n) is 3.38. The minimum Gasteiger partial charge on any atom is -0.541 e. The van der Waals surface area contributed by atoms with Crippen molar-refractivity contribution in [1.82, 2.24) is 0 Å². The summed E-state index contributed by atoms with van der Waals surface area (Å²) in [7, 11) is -2.01. The molecule has 0 N–H and O–H groups in total. The van der Waals surface area contributed by atoms with Crippen LogP contribution in [-0.2, 0) is 0 Å². The van der Waals surface area contributed by atoms with Crippen LogP contribution >= 0.6 is 0 Å². The smallest absolute Gasteiger partial charge is 0.250 e. The van der Waals surface area contributed by atoms with Gasteiger partial charge in [0, 0.05) is 5.56 Å². The van der Waals surface area contributed by atoms with Gasteiger partial charge in [-0.3, -0.25) is 0 Å². The average Bonchev–Trinajstić information content (AvgIpc) is 2.19. The fraction of sp³-hybridized carbons (Fsp3) is 0.429. The van der Waals surface area contributed by atoms with E-state index in [2.05, 4.69) is 40.4 Å². The minimum atomic E-state index is -2.01. The van der Waals surface area contributed by atoms with Crippen LogP contribution in [0.1, 0.15) is 26.3 Å². The summed E-state index contributed by atoms with van der Waals surface area (Å²) in [4.78, 5) is 0. The van der Waals surface area contributed by atoms with E-state index in [1.807, 2.05) is 6.07 Å². The molecular weight excluding hydrogens is 231 g/mol. The van der Waals surface area contributed by atoms with Gasteiger partial charge in [-0.1, -0.05) is 45.6 Å². The molecule has 0 bridgehead atoms. The van der Waals surface area contributed by atoms with Crippen molar-refractivity contribution < 1.29 is 8.82 Å². The molecule has 1 rings (SSSR count). The van der Waals surface area contributed by atoms with Gasteiger partial charge in [0.1, 0.15) is 5.75 Å². The Morgan fingerprint density at radius 1 is 1.29 bits per heavy atom. The molecular formula is C14H21FOSi. The maximum Gasteiger partial charge on any atom is 0.250 e. The summed E-state index contributed by atoms with van der Waals surface area (Å²) in [6, 6.07) is 4.92. The largest absolute Gasteiger partial charge is 0.541 e. The summed E-state index contributed by atoms with van der Waals surface area (Å²) >= 11 is 0. The molecule has 0 aliphatic carbocycles. The summed E-state index contributed by atoms with van der Waals surface area (Å²) in [5, 5.41) is 0.0493. The predicted octanol–water partition coefficient (Wildman–Crippen LogP) is 4.85. The van der Waals surface area contributed by atoms with E-state index in [0.717, 1.165) is 5.56 Å². The number of hydrogen-bond donors (Lipinski definition) is 0. The van der Waals surface area contributed by atoms with Gasteiger partial charge < -0.3 is 4.43 Å². The van der Waals surface area contributed by atoms with Crippen LogP contribution in [0.5, 0.6) is 5.75 Å². The van der Waals surface area contributed by atoms with Crippen molar-refractivity contribution in [3.05, 3.63) is 36.2 Å². The molecule has 1 nitrogen and oxygen atoms in total. The highest BCUT2D eigenvalue weighted by Gasteiger charge is 2.39. The van der Waals surface area contributed by atoms with Gasteiger partial charge in [-0.05, 0) is 24.2 Å². The summed E-state index contributed by atoms with van der Waals surface area (Å²) in [6.45, 7) is 14.3. The maximum absolute atomic E-state index is 13.8. The first kappa shape index (κ1) is 14.0. The number of para-hydroxylation sites is 1. The van der Waals surface area contributed by atoms with E-state index in [1.165, 1.54) is 6.07 Å². The van der Waals surface area contributed by atoms with Crippen LogP contribution in [0, 0.1) is 5.82 Å². The summed E-state index contributed by atoms with van der Waals surface area (Å²) < 4.78 is 19.8. The first-order valence-corrected chi connectivity index (χ1v) is 8.70. The molecule has 0 saturated heterocycles. The Kier molecular flexibility index (Phi) is 3.82. The molecule has 0 heterocycles. The standard InChI is InChI=1S/C14H21FOSi/c1-7-11-9-8-10-12(15)13(11)16-17(5,6)14(2,3)4/h7-10H,1H2,2-6H3. The highest BCUT2D eigenvalue weighted by Crippen LogP contribution is 2.39. The lowest BCUT2D eigenvalue weighted by atomic mass is 10.2. The van der Waals surface area contributed by atoms with Crippen LogP contribution in [0.4, 0.5) is 4.39 Å². The first-order valence-electron chi connectivity index (χ1n) is 5.79. The third kappa shape index (κ3) is 2.97. The van der Waals surface area contributed by atoms with E-state index >= 15 is 0 Å². The fourth-order valence-corrected chi connectivity index (χ4v) is 2.23. The van der Waals surface area contributed by atoms with Gasteiger partial charge in [0.15, 0.2) is 5.82 Å². The number of rotatable bonds is 3. The monoisotopic (exact) mass is 252 g/mol. The summed E-state index contributed by atoms with van der Waals surface area (Å²) in [6.07, 6.45) is 1.63. The van der Waals surface area contributed by atoms with Gasteiger partial charge >= 0.3 is 0 Å². The molecule has 0 aromatic heterocycles. The van der Waals surface area contributed by atoms with Crippen molar-refractivity contribution in [3.63, 3.8) is 0 Å². The Morgan fingerprint density at radius 3 is 2.35 bits per heavy atom. The van der Waals surface area contributed by atoms with E-state index in [0.29, 0.717) is 5.75 Å². The van der Waals surface area contributed by atoms with Crippen LogP contribution in [-0.4, -0.2) is 8.32 Å². The molecule has 3 heteroatoms. The van der Waals surface area contributed by atoms with Gasteiger partial charge in [-0.2, -0.15) is 0 Å². The Morgan fingerprint density at radius 2 is 1.88 bits per heavy atom. The lowest BCUT2D eigenvalue weighted by Crippen LogP contribution is -2.44. The van der Waals surface area contributed by atoms with Crippen molar-refractivity contribution >= 4 is 14.4 Å². The topological polar surface area (TPSA) is 9.23 Å². The molecule has 17 heavy (non-hydrogen) atoms. The zero-order valence-corrected chi connectivity index (χ0v) is 12.3. The SMILES string of the molecule is C=Cc1cccc(F)c1O[Si](C)(C)C(C)(C)C. The van der Waals surface area contributed by atoms with Gasteiger partial charge in [0.2, 0.25) is 0 Å². The van der Waals surface area contributed by atoms with E-state index in [-0.39, 0.29) is 10.9 Å². The van der Waals surface area contributed by atoms with E-state index in [9.17, 15) is 4.39 Å². The van der Waals surface area contributed by atoms with Crippen molar-refractivity contribution in [1.29, 1.82) is 0 Å². The van der Waals surface area contributed by atoms with Gasteiger partial charge in [-0.15, -0.1) is 0 Å². The maximum atomic E-state index is 13.8. The molecule has 0 aliphatic heterocycles. The molecule has 1 aromatic carbocycles. The number of benzene rings is 1. The van der Waals surface area contributed by atoms with Crippen molar-refractivity contribution in [2.45, 2.75) is 38.9 Å². The molecule has 0 atom stereocenters. The average molecular weight is 252 g/mol. The lowest BCUT2D eigenvalue weighted by molar-refractivity contribution is 0.456. The van der Waals surface area contributed by atoms with Crippen LogP contribution < -0.4 is 4.43 Å². The van der Waals surface area contributed by atoms with Crippen molar-refractivity contribution in [2.24, 2.45) is 0 Å². The van der Waals surface area contributed by atoms with Crippen LogP contribution in [0.3, 0.4) is 0 Å². The van der Waals surface area contributed by atoms with Gasteiger partial charge in [0.05, 0.1) is 0 Å². The summed E-state index contributed by atoms with van der Waals surface area (Å²) in [5.74, 6) is 0.0290. The zero-order chi connectivity index (χ0) is 13.3. The fourth-order valence-electron chi connectivity index (χ4n) is 1.20. The van der Waals surface area contributed by atoms with Gasteiger partial charge in [-0.25, -0.2) is 4.39 Å². The van der Waals surface area contributed by atoms with E-state index in [4.69, 9.17) is 4.43 Å². The highest BCUT2D eigenvalue weighted by molar-refractivity contribution is 6.74. The number of halogens is 1. The summed E-state index contributed by atoms with van der Waals surface area (Å²) in [5.41, 5.74) is 0.717. The van der Waals surface area contributed by atoms with Crippen molar-refractivity contribution in [3.8, 4) is 5.75 Å². The van der Waals surface area contributed by atoms with E-state index in [1.54, 1.807) is 12.1 Å². The molecule has 94 valence electrons. The molecule has 0 saturated carbocycles.